The molecule has 0 saturated heterocycles. The number of aromatic nitrogens is 2. The zero-order valence-corrected chi connectivity index (χ0v) is 9.41. The molecular formula is C10H10N4OS. The van der Waals surface area contributed by atoms with Gasteiger partial charge in [-0.15, -0.1) is 0 Å². The molecule has 0 bridgehead atoms. The maximum Gasteiger partial charge on any atom is 0.295 e. The Balaban J connectivity index is 2.39. The minimum absolute atomic E-state index is 0.265. The molecule has 5 nitrogen and oxygen atoms in total. The normalized spacial score (nSPS) is 10.1. The van der Waals surface area contributed by atoms with Crippen molar-refractivity contribution in [3.05, 3.63) is 34.8 Å². The van der Waals surface area contributed by atoms with Gasteiger partial charge in [0.1, 0.15) is 0 Å². The van der Waals surface area contributed by atoms with Crippen LogP contribution in [0.5, 0.6) is 0 Å². The third-order valence-corrected chi connectivity index (χ3v) is 2.85. The van der Waals surface area contributed by atoms with Gasteiger partial charge in [0, 0.05) is 5.56 Å². The zero-order chi connectivity index (χ0) is 11.5. The van der Waals surface area contributed by atoms with Crippen LogP contribution in [0.1, 0.15) is 15.4 Å². The van der Waals surface area contributed by atoms with E-state index in [2.05, 4.69) is 9.36 Å². The minimum Gasteiger partial charge on any atom is -0.288 e. The van der Waals surface area contributed by atoms with Gasteiger partial charge in [-0.3, -0.25) is 10.2 Å². The monoisotopic (exact) mass is 234 g/mol. The Morgan fingerprint density at radius 1 is 1.44 bits per heavy atom. The first-order chi connectivity index (χ1) is 7.72. The number of rotatable bonds is 2. The lowest BCUT2D eigenvalue weighted by Crippen LogP contribution is -2.29. The van der Waals surface area contributed by atoms with Crippen molar-refractivity contribution in [2.24, 2.45) is 5.84 Å². The molecular weight excluding hydrogens is 224 g/mol. The third-order valence-electron chi connectivity index (χ3n) is 2.14. The van der Waals surface area contributed by atoms with Gasteiger partial charge < -0.3 is 0 Å². The van der Waals surface area contributed by atoms with Crippen molar-refractivity contribution in [3.8, 4) is 11.4 Å². The number of nitrogen functional groups attached to an aromatic ring is 1. The van der Waals surface area contributed by atoms with Crippen LogP contribution in [0.15, 0.2) is 24.3 Å². The van der Waals surface area contributed by atoms with Crippen LogP contribution >= 0.6 is 11.5 Å². The van der Waals surface area contributed by atoms with Crippen LogP contribution in [0, 0.1) is 6.92 Å². The van der Waals surface area contributed by atoms with Crippen LogP contribution in [0.25, 0.3) is 11.4 Å². The Kier molecular flexibility index (Phi) is 2.93. The van der Waals surface area contributed by atoms with Gasteiger partial charge in [-0.25, -0.2) is 10.8 Å². The van der Waals surface area contributed by atoms with Crippen molar-refractivity contribution < 1.29 is 4.79 Å². The first-order valence-corrected chi connectivity index (χ1v) is 5.40. The Hall–Kier alpha value is -1.79. The van der Waals surface area contributed by atoms with Gasteiger partial charge in [0.05, 0.1) is 0 Å². The number of nitrogens with two attached hydrogens (primary N) is 1. The fourth-order valence-electron chi connectivity index (χ4n) is 1.31. The average molecular weight is 234 g/mol. The molecule has 16 heavy (non-hydrogen) atoms. The van der Waals surface area contributed by atoms with Crippen molar-refractivity contribution in [2.75, 3.05) is 0 Å². The third kappa shape index (κ3) is 1.93. The predicted octanol–water partition coefficient (Wildman–Crippen LogP) is 1.12. The Morgan fingerprint density at radius 2 is 2.19 bits per heavy atom. The summed E-state index contributed by atoms with van der Waals surface area (Å²) in [6, 6.07) is 7.74. The first-order valence-electron chi connectivity index (χ1n) is 4.63. The molecule has 1 heterocycles. The summed E-state index contributed by atoms with van der Waals surface area (Å²) in [4.78, 5) is 15.3. The average Bonchev–Trinajstić information content (AvgIpc) is 2.78. The molecule has 6 heteroatoms. The number of carbonyl (C=O) groups is 1. The fraction of sp³-hybridized carbons (Fsp3) is 0.100. The molecule has 3 N–H and O–H groups in total. The molecule has 0 aliphatic rings. The lowest BCUT2D eigenvalue weighted by Gasteiger charge is -1.98. The highest BCUT2D eigenvalue weighted by molar-refractivity contribution is 7.07. The Labute approximate surface area is 96.5 Å². The smallest absolute Gasteiger partial charge is 0.288 e. The molecule has 0 aliphatic carbocycles. The van der Waals surface area contributed by atoms with Crippen molar-refractivity contribution >= 4 is 17.4 Å². The van der Waals surface area contributed by atoms with E-state index < -0.39 is 5.91 Å². The van der Waals surface area contributed by atoms with Crippen LogP contribution in [0.2, 0.25) is 0 Å². The van der Waals surface area contributed by atoms with Crippen molar-refractivity contribution in [2.45, 2.75) is 6.92 Å². The molecule has 2 aromatic rings. The second-order valence-corrected chi connectivity index (χ2v) is 3.96. The SMILES string of the molecule is Cc1ccccc1-c1nsc(C(=O)NN)n1. The largest absolute Gasteiger partial charge is 0.295 e. The van der Waals surface area contributed by atoms with Gasteiger partial charge in [-0.05, 0) is 24.0 Å². The highest BCUT2D eigenvalue weighted by atomic mass is 32.1. The molecule has 0 fully saturated rings. The van der Waals surface area contributed by atoms with Gasteiger partial charge >= 0.3 is 0 Å². The summed E-state index contributed by atoms with van der Waals surface area (Å²) in [5, 5.41) is 0.265. The maximum atomic E-state index is 11.2. The van der Waals surface area contributed by atoms with E-state index in [-0.39, 0.29) is 5.01 Å². The van der Waals surface area contributed by atoms with Gasteiger partial charge in [-0.2, -0.15) is 4.37 Å². The summed E-state index contributed by atoms with van der Waals surface area (Å²) < 4.78 is 4.13. The van der Waals surface area contributed by atoms with Crippen LogP contribution in [0.3, 0.4) is 0 Å². The maximum absolute atomic E-state index is 11.2. The lowest BCUT2D eigenvalue weighted by atomic mass is 10.1. The number of benzene rings is 1. The molecule has 1 aromatic heterocycles. The van der Waals surface area contributed by atoms with Crippen LogP contribution < -0.4 is 11.3 Å². The van der Waals surface area contributed by atoms with Crippen LogP contribution in [0.4, 0.5) is 0 Å². The summed E-state index contributed by atoms with van der Waals surface area (Å²) in [5.41, 5.74) is 4.02. The van der Waals surface area contributed by atoms with E-state index in [1.165, 1.54) is 0 Å². The topological polar surface area (TPSA) is 80.9 Å². The minimum atomic E-state index is -0.419. The number of nitrogens with one attached hydrogen (secondary N) is 1. The number of hydrazine groups is 1. The summed E-state index contributed by atoms with van der Waals surface area (Å²) in [6.45, 7) is 1.97. The lowest BCUT2D eigenvalue weighted by molar-refractivity contribution is 0.0953. The molecule has 1 aromatic carbocycles. The van der Waals surface area contributed by atoms with Gasteiger partial charge in [-0.1, -0.05) is 24.3 Å². The highest BCUT2D eigenvalue weighted by Crippen LogP contribution is 2.21. The van der Waals surface area contributed by atoms with Crippen molar-refractivity contribution in [3.63, 3.8) is 0 Å². The zero-order valence-electron chi connectivity index (χ0n) is 8.60. The Bertz CT molecular complexity index is 523. The fourth-order valence-corrected chi connectivity index (χ4v) is 1.89. The number of carbonyl (C=O) groups excluding carboxylic acids is 1. The van der Waals surface area contributed by atoms with Gasteiger partial charge in [0.2, 0.25) is 5.01 Å². The number of amides is 1. The molecule has 0 saturated carbocycles. The quantitative estimate of drug-likeness (QED) is 0.463. The molecule has 0 atom stereocenters. The summed E-state index contributed by atoms with van der Waals surface area (Å²) in [7, 11) is 0. The molecule has 1 amide bonds. The number of nitrogens with zero attached hydrogens (tertiary/aromatic N) is 2. The number of hydrogen-bond donors (Lipinski definition) is 2. The van der Waals surface area contributed by atoms with E-state index in [0.717, 1.165) is 22.7 Å². The second kappa shape index (κ2) is 4.38. The molecule has 0 spiro atoms. The van der Waals surface area contributed by atoms with E-state index in [0.29, 0.717) is 5.82 Å². The number of hydrogen-bond acceptors (Lipinski definition) is 5. The number of aryl methyl sites for hydroxylation is 1. The summed E-state index contributed by atoms with van der Waals surface area (Å²) in [5.74, 6) is 5.16. The van der Waals surface area contributed by atoms with E-state index in [1.807, 2.05) is 36.6 Å². The van der Waals surface area contributed by atoms with E-state index in [4.69, 9.17) is 5.84 Å². The first kappa shape index (κ1) is 10.7. The predicted molar refractivity (Wildman–Crippen MR) is 61.7 cm³/mol. The summed E-state index contributed by atoms with van der Waals surface area (Å²) >= 11 is 1.03. The van der Waals surface area contributed by atoms with Crippen LogP contribution in [-0.4, -0.2) is 15.3 Å². The van der Waals surface area contributed by atoms with Crippen molar-refractivity contribution in [1.29, 1.82) is 0 Å². The van der Waals surface area contributed by atoms with Gasteiger partial charge in [0.25, 0.3) is 5.91 Å². The second-order valence-electron chi connectivity index (χ2n) is 3.21. The van der Waals surface area contributed by atoms with E-state index in [9.17, 15) is 4.79 Å². The molecule has 2 rings (SSSR count). The van der Waals surface area contributed by atoms with E-state index in [1.54, 1.807) is 0 Å². The van der Waals surface area contributed by atoms with E-state index >= 15 is 0 Å². The Morgan fingerprint density at radius 3 is 2.88 bits per heavy atom. The molecule has 0 unspecified atom stereocenters. The summed E-state index contributed by atoms with van der Waals surface area (Å²) in [6.07, 6.45) is 0. The highest BCUT2D eigenvalue weighted by Gasteiger charge is 2.13. The van der Waals surface area contributed by atoms with Crippen LogP contribution in [-0.2, 0) is 0 Å². The van der Waals surface area contributed by atoms with Gasteiger partial charge in [0.15, 0.2) is 5.82 Å². The van der Waals surface area contributed by atoms with Crippen molar-refractivity contribution in [1.82, 2.24) is 14.8 Å². The molecule has 0 radical (unpaired) electrons. The molecule has 0 aliphatic heterocycles. The standard InChI is InChI=1S/C10H10N4OS/c1-6-4-2-3-5-7(6)8-12-10(16-14-8)9(15)13-11/h2-5H,11H2,1H3,(H,13,15). The molecule has 82 valence electrons.